The quantitative estimate of drug-likeness (QED) is 0.361. The number of fused-ring (bicyclic) bond motifs is 2. The average molecular weight is 568 g/mol. The number of anilines is 2. The van der Waals surface area contributed by atoms with Gasteiger partial charge in [-0.2, -0.15) is 0 Å². The zero-order valence-electron chi connectivity index (χ0n) is 23.8. The minimum absolute atomic E-state index is 0.0224. The standard InChI is InChI=1S/C30H41N3O6Si/c1-19-27(40(3,4)37)26(13-15-34)39-30(19)24-16-23(38-2)11-12-25(24)33(29(30)36)18-20-7-9-22(10-8-20)32-28(35)21-6-5-14-31-17-21/h7-12,16,19,21,26-27,31,34,37H,5-6,13-15,17-18H2,1-4H3,(H,32,35)/t19-,21?,26+,27-,30+/m0/s1. The van der Waals surface area contributed by atoms with Crippen molar-refractivity contribution in [3.63, 3.8) is 0 Å². The number of hydrogen-bond acceptors (Lipinski definition) is 7. The minimum atomic E-state index is -2.76. The number of amides is 2. The monoisotopic (exact) mass is 567 g/mol. The van der Waals surface area contributed by atoms with Gasteiger partial charge in [-0.15, -0.1) is 0 Å². The first-order valence-corrected chi connectivity index (χ1v) is 17.2. The lowest BCUT2D eigenvalue weighted by Gasteiger charge is -2.32. The summed E-state index contributed by atoms with van der Waals surface area (Å²) in [5.41, 5.74) is 1.62. The van der Waals surface area contributed by atoms with Crippen molar-refractivity contribution in [2.45, 2.75) is 63.1 Å². The van der Waals surface area contributed by atoms with Crippen LogP contribution in [0.3, 0.4) is 0 Å². The van der Waals surface area contributed by atoms with E-state index in [4.69, 9.17) is 9.47 Å². The number of carbonyl (C=O) groups excluding carboxylic acids is 2. The summed E-state index contributed by atoms with van der Waals surface area (Å²) in [6.45, 7) is 7.62. The highest BCUT2D eigenvalue weighted by Gasteiger charge is 2.66. The van der Waals surface area contributed by atoms with Crippen LogP contribution in [0.25, 0.3) is 0 Å². The SMILES string of the molecule is COc1ccc2c(c1)[C@@]1(O[C@H](CCO)[C@@H]([Si](C)(C)O)[C@@H]1C)C(=O)N2Cc1ccc(NC(=O)C2CCCNC2)cc1. The molecule has 2 saturated heterocycles. The lowest BCUT2D eigenvalue weighted by atomic mass is 9.82. The molecule has 3 aliphatic heterocycles. The van der Waals surface area contributed by atoms with Crippen LogP contribution in [-0.4, -0.2) is 62.9 Å². The van der Waals surface area contributed by atoms with Crippen molar-refractivity contribution < 1.29 is 29.0 Å². The molecule has 0 saturated carbocycles. The summed E-state index contributed by atoms with van der Waals surface area (Å²) in [6.07, 6.45) is 1.80. The van der Waals surface area contributed by atoms with Gasteiger partial charge >= 0.3 is 0 Å². The third-order valence-corrected chi connectivity index (χ3v) is 11.3. The molecule has 2 fully saturated rings. The van der Waals surface area contributed by atoms with Gasteiger partial charge in [0.1, 0.15) is 5.75 Å². The van der Waals surface area contributed by atoms with Crippen molar-refractivity contribution in [1.29, 1.82) is 0 Å². The molecule has 2 aromatic carbocycles. The van der Waals surface area contributed by atoms with Gasteiger partial charge in [0.05, 0.1) is 31.4 Å². The molecule has 3 aliphatic rings. The molecule has 4 N–H and O–H groups in total. The van der Waals surface area contributed by atoms with Crippen LogP contribution in [-0.2, 0) is 26.5 Å². The molecule has 216 valence electrons. The van der Waals surface area contributed by atoms with Gasteiger partial charge in [0.15, 0.2) is 13.9 Å². The van der Waals surface area contributed by atoms with Gasteiger partial charge < -0.3 is 34.9 Å². The fraction of sp³-hybridized carbons (Fsp3) is 0.533. The summed E-state index contributed by atoms with van der Waals surface area (Å²) < 4.78 is 12.2. The summed E-state index contributed by atoms with van der Waals surface area (Å²) in [5, 5.41) is 16.1. The highest BCUT2D eigenvalue weighted by Crippen LogP contribution is 2.60. The van der Waals surface area contributed by atoms with E-state index in [0.29, 0.717) is 25.3 Å². The second kappa shape index (κ2) is 11.3. The van der Waals surface area contributed by atoms with E-state index in [1.165, 1.54) is 0 Å². The zero-order valence-corrected chi connectivity index (χ0v) is 24.8. The van der Waals surface area contributed by atoms with Gasteiger partial charge in [0, 0.05) is 35.9 Å². The number of aliphatic hydroxyl groups excluding tert-OH is 1. The van der Waals surface area contributed by atoms with Crippen LogP contribution >= 0.6 is 0 Å². The topological polar surface area (TPSA) is 120 Å². The Labute approximate surface area is 237 Å². The summed E-state index contributed by atoms with van der Waals surface area (Å²) in [7, 11) is -1.17. The van der Waals surface area contributed by atoms with Crippen molar-refractivity contribution in [2.24, 2.45) is 11.8 Å². The van der Waals surface area contributed by atoms with E-state index in [1.54, 1.807) is 12.0 Å². The van der Waals surface area contributed by atoms with E-state index >= 15 is 0 Å². The Bertz CT molecular complexity index is 1240. The number of benzene rings is 2. The van der Waals surface area contributed by atoms with Crippen LogP contribution < -0.4 is 20.3 Å². The number of carbonyl (C=O) groups is 2. The van der Waals surface area contributed by atoms with E-state index in [-0.39, 0.29) is 35.8 Å². The molecule has 2 amide bonds. The zero-order chi connectivity index (χ0) is 28.7. The number of piperidine rings is 1. The van der Waals surface area contributed by atoms with Crippen LogP contribution in [0, 0.1) is 11.8 Å². The largest absolute Gasteiger partial charge is 0.497 e. The number of methoxy groups -OCH3 is 1. The Morgan fingerprint density at radius 2 is 2.00 bits per heavy atom. The molecular weight excluding hydrogens is 526 g/mol. The predicted molar refractivity (Wildman–Crippen MR) is 156 cm³/mol. The second-order valence-electron chi connectivity index (χ2n) is 11.9. The van der Waals surface area contributed by atoms with E-state index < -0.39 is 20.0 Å². The number of nitrogens with zero attached hydrogens (tertiary/aromatic N) is 1. The fourth-order valence-corrected chi connectivity index (χ4v) is 9.54. The van der Waals surface area contributed by atoms with E-state index in [1.807, 2.05) is 62.5 Å². The molecule has 0 bridgehead atoms. The van der Waals surface area contributed by atoms with Gasteiger partial charge in [-0.25, -0.2) is 0 Å². The number of rotatable bonds is 8. The molecule has 0 aliphatic carbocycles. The Morgan fingerprint density at radius 3 is 2.62 bits per heavy atom. The van der Waals surface area contributed by atoms with Gasteiger partial charge in [0.2, 0.25) is 5.91 Å². The van der Waals surface area contributed by atoms with E-state index in [9.17, 15) is 19.5 Å². The van der Waals surface area contributed by atoms with Crippen LogP contribution in [0.1, 0.15) is 37.3 Å². The van der Waals surface area contributed by atoms with E-state index in [2.05, 4.69) is 10.6 Å². The first-order chi connectivity index (χ1) is 19.1. The minimum Gasteiger partial charge on any atom is -0.497 e. The molecule has 1 unspecified atom stereocenters. The molecule has 40 heavy (non-hydrogen) atoms. The normalized spacial score (nSPS) is 28.1. The Morgan fingerprint density at radius 1 is 1.25 bits per heavy atom. The first kappa shape index (κ1) is 28.8. The van der Waals surface area contributed by atoms with Crippen LogP contribution in [0.2, 0.25) is 18.6 Å². The molecule has 10 heteroatoms. The third-order valence-electron chi connectivity index (χ3n) is 8.83. The third kappa shape index (κ3) is 5.07. The molecular formula is C30H41N3O6Si. The van der Waals surface area contributed by atoms with Gasteiger partial charge in [-0.05, 0) is 74.8 Å². The Balaban J connectivity index is 1.43. The van der Waals surface area contributed by atoms with Crippen molar-refractivity contribution in [1.82, 2.24) is 5.32 Å². The van der Waals surface area contributed by atoms with Crippen LogP contribution in [0.15, 0.2) is 42.5 Å². The molecule has 2 aromatic rings. The van der Waals surface area contributed by atoms with Crippen molar-refractivity contribution in [2.75, 3.05) is 37.0 Å². The Hall–Kier alpha value is -2.76. The number of hydrogen-bond donors (Lipinski definition) is 4. The highest BCUT2D eigenvalue weighted by atomic mass is 28.4. The van der Waals surface area contributed by atoms with E-state index in [0.717, 1.165) is 41.9 Å². The average Bonchev–Trinajstić information content (AvgIpc) is 3.36. The summed E-state index contributed by atoms with van der Waals surface area (Å²) in [4.78, 5) is 40.0. The Kier molecular flexibility index (Phi) is 8.09. The lowest BCUT2D eigenvalue weighted by Crippen LogP contribution is -2.46. The van der Waals surface area contributed by atoms with Crippen LogP contribution in [0.5, 0.6) is 5.75 Å². The second-order valence-corrected chi connectivity index (χ2v) is 15.9. The predicted octanol–water partition coefficient (Wildman–Crippen LogP) is 3.36. The summed E-state index contributed by atoms with van der Waals surface area (Å²) in [5.74, 6) is 0.146. The van der Waals surface area contributed by atoms with Gasteiger partial charge in [-0.3, -0.25) is 9.59 Å². The molecule has 5 atom stereocenters. The highest BCUT2D eigenvalue weighted by molar-refractivity contribution is 6.71. The molecule has 1 spiro atoms. The van der Waals surface area contributed by atoms with Gasteiger partial charge in [-0.1, -0.05) is 19.1 Å². The molecule has 9 nitrogen and oxygen atoms in total. The molecule has 3 heterocycles. The van der Waals surface area contributed by atoms with Crippen molar-refractivity contribution in [3.05, 3.63) is 53.6 Å². The maximum atomic E-state index is 14.4. The number of ether oxygens (including phenoxy) is 2. The van der Waals surface area contributed by atoms with Gasteiger partial charge in [0.25, 0.3) is 5.91 Å². The number of nitrogens with one attached hydrogen (secondary N) is 2. The summed E-state index contributed by atoms with van der Waals surface area (Å²) in [6, 6.07) is 13.2. The molecule has 0 aromatic heterocycles. The fourth-order valence-electron chi connectivity index (χ4n) is 6.93. The molecule has 0 radical (unpaired) electrons. The van der Waals surface area contributed by atoms with Crippen LogP contribution in [0.4, 0.5) is 11.4 Å². The van der Waals surface area contributed by atoms with Crippen molar-refractivity contribution in [3.8, 4) is 5.75 Å². The lowest BCUT2D eigenvalue weighted by molar-refractivity contribution is -0.146. The maximum Gasteiger partial charge on any atom is 0.264 e. The maximum absolute atomic E-state index is 14.4. The smallest absolute Gasteiger partial charge is 0.264 e. The first-order valence-electron chi connectivity index (χ1n) is 14.2. The summed E-state index contributed by atoms with van der Waals surface area (Å²) >= 11 is 0. The van der Waals surface area contributed by atoms with Crippen molar-refractivity contribution >= 4 is 31.5 Å². The number of aliphatic hydroxyl groups is 1. The molecule has 5 rings (SSSR count).